The van der Waals surface area contributed by atoms with Crippen molar-refractivity contribution in [3.8, 4) is 11.6 Å². The maximum Gasteiger partial charge on any atom is 0.280 e. The van der Waals surface area contributed by atoms with Gasteiger partial charge in [-0.25, -0.2) is 9.97 Å². The van der Waals surface area contributed by atoms with Gasteiger partial charge >= 0.3 is 0 Å². The van der Waals surface area contributed by atoms with Crippen LogP contribution >= 0.6 is 0 Å². The Morgan fingerprint density at radius 2 is 2.15 bits per heavy atom. The third-order valence-electron chi connectivity index (χ3n) is 4.10. The van der Waals surface area contributed by atoms with Gasteiger partial charge in [-0.15, -0.1) is 0 Å². The summed E-state index contributed by atoms with van der Waals surface area (Å²) in [6.07, 6.45) is 9.16. The monoisotopic (exact) mass is 273 g/mol. The van der Waals surface area contributed by atoms with Gasteiger partial charge in [0.05, 0.1) is 0 Å². The number of nitrogen functional groups attached to an aromatic ring is 1. The van der Waals surface area contributed by atoms with Gasteiger partial charge in [-0.1, -0.05) is 31.3 Å². The quantitative estimate of drug-likeness (QED) is 0.924. The minimum Gasteiger partial charge on any atom is -0.382 e. The van der Waals surface area contributed by atoms with E-state index in [1.165, 1.54) is 19.3 Å². The Labute approximate surface area is 117 Å². The first-order valence-electron chi connectivity index (χ1n) is 7.18. The Balaban J connectivity index is 1.82. The van der Waals surface area contributed by atoms with Crippen LogP contribution in [0.15, 0.2) is 16.9 Å². The van der Waals surface area contributed by atoms with Crippen LogP contribution in [0.2, 0.25) is 0 Å². The van der Waals surface area contributed by atoms with Gasteiger partial charge in [-0.2, -0.15) is 4.98 Å². The molecule has 1 aliphatic carbocycles. The average Bonchev–Trinajstić information content (AvgIpc) is 2.97. The number of nitrogens with zero attached hydrogens (tertiary/aromatic N) is 4. The van der Waals surface area contributed by atoms with Crippen LogP contribution in [0.4, 0.5) is 5.82 Å². The second-order valence-corrected chi connectivity index (χ2v) is 5.39. The zero-order valence-corrected chi connectivity index (χ0v) is 11.6. The maximum atomic E-state index is 5.78. The SMILES string of the molecule is CCC1CCCC(c2noc(-c3nccnc3N)n2)C1. The molecule has 106 valence electrons. The summed E-state index contributed by atoms with van der Waals surface area (Å²) in [5.41, 5.74) is 6.25. The van der Waals surface area contributed by atoms with Gasteiger partial charge in [0.15, 0.2) is 17.3 Å². The molecule has 0 radical (unpaired) electrons. The molecule has 0 bridgehead atoms. The largest absolute Gasteiger partial charge is 0.382 e. The van der Waals surface area contributed by atoms with Crippen molar-refractivity contribution < 1.29 is 4.52 Å². The number of nitrogens with two attached hydrogens (primary N) is 1. The summed E-state index contributed by atoms with van der Waals surface area (Å²) in [4.78, 5) is 12.6. The van der Waals surface area contributed by atoms with E-state index in [1.807, 2.05) is 0 Å². The van der Waals surface area contributed by atoms with Crippen molar-refractivity contribution in [2.75, 3.05) is 5.73 Å². The second kappa shape index (κ2) is 5.56. The van der Waals surface area contributed by atoms with Gasteiger partial charge in [0.2, 0.25) is 0 Å². The molecule has 1 aliphatic rings. The number of aromatic nitrogens is 4. The van der Waals surface area contributed by atoms with E-state index in [0.29, 0.717) is 23.3 Å². The lowest BCUT2D eigenvalue weighted by Crippen LogP contribution is -2.14. The Kier molecular flexibility index (Phi) is 3.62. The molecule has 0 aromatic carbocycles. The molecule has 3 rings (SSSR count). The van der Waals surface area contributed by atoms with E-state index < -0.39 is 0 Å². The van der Waals surface area contributed by atoms with Crippen molar-refractivity contribution in [2.24, 2.45) is 5.92 Å². The second-order valence-electron chi connectivity index (χ2n) is 5.39. The molecule has 20 heavy (non-hydrogen) atoms. The standard InChI is InChI=1S/C14H19N5O/c1-2-9-4-3-5-10(8-9)13-18-14(20-19-13)11-12(15)17-7-6-16-11/h6-7,9-10H,2-5,8H2,1H3,(H2,15,17). The van der Waals surface area contributed by atoms with Crippen LogP contribution < -0.4 is 5.73 Å². The highest BCUT2D eigenvalue weighted by Crippen LogP contribution is 2.36. The van der Waals surface area contributed by atoms with Gasteiger partial charge in [0.25, 0.3) is 5.89 Å². The summed E-state index contributed by atoms with van der Waals surface area (Å²) < 4.78 is 5.31. The molecule has 0 spiro atoms. The molecule has 2 N–H and O–H groups in total. The van der Waals surface area contributed by atoms with Crippen molar-refractivity contribution in [3.63, 3.8) is 0 Å². The number of rotatable bonds is 3. The minimum atomic E-state index is 0.317. The van der Waals surface area contributed by atoms with Crippen LogP contribution in [0.1, 0.15) is 50.8 Å². The fraction of sp³-hybridized carbons (Fsp3) is 0.571. The predicted octanol–water partition coefficient (Wildman–Crippen LogP) is 2.79. The Bertz CT molecular complexity index is 582. The fourth-order valence-corrected chi connectivity index (χ4v) is 2.91. The number of hydrogen-bond acceptors (Lipinski definition) is 6. The molecule has 2 heterocycles. The first-order valence-corrected chi connectivity index (χ1v) is 7.18. The van der Waals surface area contributed by atoms with E-state index in [-0.39, 0.29) is 0 Å². The topological polar surface area (TPSA) is 90.7 Å². The van der Waals surface area contributed by atoms with Gasteiger partial charge < -0.3 is 10.3 Å². The van der Waals surface area contributed by atoms with E-state index in [4.69, 9.17) is 10.3 Å². The summed E-state index contributed by atoms with van der Waals surface area (Å²) in [7, 11) is 0. The van der Waals surface area contributed by atoms with Crippen LogP contribution in [-0.2, 0) is 0 Å². The van der Waals surface area contributed by atoms with E-state index in [0.717, 1.165) is 24.6 Å². The van der Waals surface area contributed by atoms with Gasteiger partial charge in [0, 0.05) is 18.3 Å². The zero-order valence-electron chi connectivity index (χ0n) is 11.6. The molecule has 6 nitrogen and oxygen atoms in total. The predicted molar refractivity (Wildman–Crippen MR) is 74.7 cm³/mol. The van der Waals surface area contributed by atoms with Gasteiger partial charge in [-0.05, 0) is 18.8 Å². The molecule has 2 atom stereocenters. The van der Waals surface area contributed by atoms with Crippen molar-refractivity contribution in [1.29, 1.82) is 0 Å². The molecule has 0 amide bonds. The third-order valence-corrected chi connectivity index (χ3v) is 4.10. The van der Waals surface area contributed by atoms with Crippen LogP contribution in [-0.4, -0.2) is 20.1 Å². The van der Waals surface area contributed by atoms with Crippen LogP contribution in [0.3, 0.4) is 0 Å². The minimum absolute atomic E-state index is 0.317. The summed E-state index contributed by atoms with van der Waals surface area (Å²) >= 11 is 0. The van der Waals surface area contributed by atoms with E-state index >= 15 is 0 Å². The normalized spacial score (nSPS) is 22.9. The van der Waals surface area contributed by atoms with Crippen molar-refractivity contribution in [3.05, 3.63) is 18.2 Å². The highest BCUT2D eigenvalue weighted by atomic mass is 16.5. The molecule has 1 saturated carbocycles. The van der Waals surface area contributed by atoms with Gasteiger partial charge in [0.1, 0.15) is 0 Å². The maximum absolute atomic E-state index is 5.78. The van der Waals surface area contributed by atoms with Crippen molar-refractivity contribution in [1.82, 2.24) is 20.1 Å². The number of anilines is 1. The van der Waals surface area contributed by atoms with Crippen LogP contribution in [0, 0.1) is 5.92 Å². The highest BCUT2D eigenvalue weighted by Gasteiger charge is 2.26. The lowest BCUT2D eigenvalue weighted by atomic mass is 9.80. The molecular weight excluding hydrogens is 254 g/mol. The Morgan fingerprint density at radius 1 is 1.30 bits per heavy atom. The summed E-state index contributed by atoms with van der Waals surface area (Å²) in [6.45, 7) is 2.24. The fourth-order valence-electron chi connectivity index (χ4n) is 2.91. The van der Waals surface area contributed by atoms with E-state index in [2.05, 4.69) is 27.0 Å². The summed E-state index contributed by atoms with van der Waals surface area (Å²) in [5.74, 6) is 2.63. The molecule has 6 heteroatoms. The average molecular weight is 273 g/mol. The van der Waals surface area contributed by atoms with E-state index in [1.54, 1.807) is 12.4 Å². The first-order chi connectivity index (χ1) is 9.78. The summed E-state index contributed by atoms with van der Waals surface area (Å²) in [6, 6.07) is 0. The van der Waals surface area contributed by atoms with Crippen LogP contribution in [0.5, 0.6) is 0 Å². The molecule has 1 fully saturated rings. The van der Waals surface area contributed by atoms with Gasteiger partial charge in [-0.3, -0.25) is 0 Å². The molecular formula is C14H19N5O. The lowest BCUT2D eigenvalue weighted by Gasteiger charge is -2.26. The van der Waals surface area contributed by atoms with Crippen molar-refractivity contribution in [2.45, 2.75) is 44.9 Å². The molecule has 2 aromatic heterocycles. The first kappa shape index (κ1) is 13.0. The molecule has 2 unspecified atom stereocenters. The Hall–Kier alpha value is -1.98. The summed E-state index contributed by atoms with van der Waals surface area (Å²) in [5, 5.41) is 4.12. The van der Waals surface area contributed by atoms with Crippen molar-refractivity contribution >= 4 is 5.82 Å². The van der Waals surface area contributed by atoms with Crippen LogP contribution in [0.25, 0.3) is 11.6 Å². The van der Waals surface area contributed by atoms with E-state index in [9.17, 15) is 0 Å². The molecule has 2 aromatic rings. The third kappa shape index (κ3) is 2.50. The smallest absolute Gasteiger partial charge is 0.280 e. The molecule has 0 aliphatic heterocycles. The number of hydrogen-bond donors (Lipinski definition) is 1. The Morgan fingerprint density at radius 3 is 2.95 bits per heavy atom. The zero-order chi connectivity index (χ0) is 13.9. The molecule has 0 saturated heterocycles. The lowest BCUT2D eigenvalue weighted by molar-refractivity contribution is 0.300. The highest BCUT2D eigenvalue weighted by molar-refractivity contribution is 5.61.